The molecule has 0 amide bonds. The molecule has 0 aliphatic carbocycles. The van der Waals surface area contributed by atoms with Crippen molar-refractivity contribution in [2.75, 3.05) is 0 Å². The summed E-state index contributed by atoms with van der Waals surface area (Å²) in [6, 6.07) is 9.36. The molecule has 0 saturated carbocycles. The molecule has 2 aromatic rings. The predicted molar refractivity (Wildman–Crippen MR) is 47.8 cm³/mol. The number of benzene rings is 2. The first kappa shape index (κ1) is 7.73. The summed E-state index contributed by atoms with van der Waals surface area (Å²) in [5.41, 5.74) is 0. The molecule has 0 aliphatic heterocycles. The van der Waals surface area contributed by atoms with E-state index < -0.39 is 11.5 Å². The van der Waals surface area contributed by atoms with E-state index in [0.717, 1.165) is 0 Å². The minimum Gasteiger partial charge on any atom is -0.504 e. The van der Waals surface area contributed by atoms with Gasteiger partial charge in [0.15, 0.2) is 11.5 Å². The molecular formula is C10H7O3. The summed E-state index contributed by atoms with van der Waals surface area (Å²) < 4.78 is 0. The van der Waals surface area contributed by atoms with Crippen molar-refractivity contribution < 1.29 is 15.3 Å². The second-order valence-corrected chi connectivity index (χ2v) is 2.72. The highest BCUT2D eigenvalue weighted by Crippen LogP contribution is 2.40. The molecule has 2 rings (SSSR count). The molecule has 0 bridgehead atoms. The molecule has 0 spiro atoms. The fourth-order valence-corrected chi connectivity index (χ4v) is 1.23. The van der Waals surface area contributed by atoms with E-state index >= 15 is 0 Å². The van der Waals surface area contributed by atoms with E-state index in [4.69, 9.17) is 5.11 Å². The van der Waals surface area contributed by atoms with Crippen molar-refractivity contribution in [3.63, 3.8) is 0 Å². The lowest BCUT2D eigenvalue weighted by Gasteiger charge is -2.03. The van der Waals surface area contributed by atoms with E-state index in [1.807, 2.05) is 0 Å². The average molecular weight is 175 g/mol. The lowest BCUT2D eigenvalue weighted by molar-refractivity contribution is 0.371. The maximum atomic E-state index is 9.41. The van der Waals surface area contributed by atoms with Crippen LogP contribution in [0.4, 0.5) is 0 Å². The molecule has 0 atom stereocenters. The van der Waals surface area contributed by atoms with Crippen molar-refractivity contribution in [1.82, 2.24) is 0 Å². The molecule has 3 nitrogen and oxygen atoms in total. The van der Waals surface area contributed by atoms with Crippen LogP contribution in [0, 0.1) is 6.07 Å². The predicted octanol–water partition coefficient (Wildman–Crippen LogP) is 1.76. The van der Waals surface area contributed by atoms with E-state index in [0.29, 0.717) is 10.8 Å². The van der Waals surface area contributed by atoms with E-state index in [2.05, 4.69) is 6.07 Å². The van der Waals surface area contributed by atoms with Crippen LogP contribution >= 0.6 is 0 Å². The van der Waals surface area contributed by atoms with E-state index in [9.17, 15) is 10.2 Å². The molecule has 65 valence electrons. The minimum atomic E-state index is -0.529. The van der Waals surface area contributed by atoms with Crippen LogP contribution in [0.1, 0.15) is 0 Å². The van der Waals surface area contributed by atoms with Gasteiger partial charge >= 0.3 is 0 Å². The highest BCUT2D eigenvalue weighted by molar-refractivity contribution is 5.91. The van der Waals surface area contributed by atoms with Gasteiger partial charge in [0.05, 0.1) is 0 Å². The van der Waals surface area contributed by atoms with Crippen LogP contribution in [0.15, 0.2) is 24.3 Å². The van der Waals surface area contributed by atoms with Gasteiger partial charge in [0.2, 0.25) is 5.75 Å². The zero-order valence-electron chi connectivity index (χ0n) is 6.65. The number of rotatable bonds is 0. The fourth-order valence-electron chi connectivity index (χ4n) is 1.23. The Labute approximate surface area is 74.5 Å². The lowest BCUT2D eigenvalue weighted by Crippen LogP contribution is -1.76. The largest absolute Gasteiger partial charge is 0.504 e. The highest BCUT2D eigenvalue weighted by Gasteiger charge is 2.10. The second-order valence-electron chi connectivity index (χ2n) is 2.72. The third-order valence-corrected chi connectivity index (χ3v) is 1.88. The number of fused-ring (bicyclic) bond motifs is 1. The molecule has 3 N–H and O–H groups in total. The number of hydrogen-bond donors (Lipinski definition) is 3. The van der Waals surface area contributed by atoms with Crippen LogP contribution < -0.4 is 0 Å². The topological polar surface area (TPSA) is 60.7 Å². The third kappa shape index (κ3) is 1.05. The van der Waals surface area contributed by atoms with Crippen LogP contribution in [-0.4, -0.2) is 15.3 Å². The van der Waals surface area contributed by atoms with Crippen LogP contribution in [0.5, 0.6) is 17.2 Å². The molecule has 0 aromatic heterocycles. The van der Waals surface area contributed by atoms with Gasteiger partial charge in [-0.1, -0.05) is 24.3 Å². The molecule has 0 fully saturated rings. The quantitative estimate of drug-likeness (QED) is 0.534. The molecule has 3 heteroatoms. The third-order valence-electron chi connectivity index (χ3n) is 1.88. The first-order valence-corrected chi connectivity index (χ1v) is 3.75. The Kier molecular flexibility index (Phi) is 1.52. The highest BCUT2D eigenvalue weighted by atomic mass is 16.3. The monoisotopic (exact) mass is 175 g/mol. The van der Waals surface area contributed by atoms with Crippen molar-refractivity contribution in [3.8, 4) is 17.2 Å². The van der Waals surface area contributed by atoms with Crippen molar-refractivity contribution in [3.05, 3.63) is 30.3 Å². The molecule has 13 heavy (non-hydrogen) atoms. The summed E-state index contributed by atoms with van der Waals surface area (Å²) in [5, 5.41) is 28.7. The molecule has 0 heterocycles. The number of phenolic OH excluding ortho intramolecular Hbond substituents is 3. The molecule has 0 unspecified atom stereocenters. The Hall–Kier alpha value is -1.90. The summed E-state index contributed by atoms with van der Waals surface area (Å²) in [7, 11) is 0. The maximum Gasteiger partial charge on any atom is 0.201 e. The van der Waals surface area contributed by atoms with Crippen LogP contribution in [-0.2, 0) is 0 Å². The first-order valence-electron chi connectivity index (χ1n) is 3.75. The molecule has 1 radical (unpaired) electrons. The van der Waals surface area contributed by atoms with Crippen molar-refractivity contribution in [1.29, 1.82) is 0 Å². The van der Waals surface area contributed by atoms with E-state index in [1.54, 1.807) is 24.3 Å². The van der Waals surface area contributed by atoms with E-state index in [-0.39, 0.29) is 5.75 Å². The SMILES string of the molecule is Oc1[c]c2ccccc2c(O)c1O. The fraction of sp³-hybridized carbons (Fsp3) is 0. The lowest BCUT2D eigenvalue weighted by atomic mass is 10.1. The maximum absolute atomic E-state index is 9.41. The zero-order valence-corrected chi connectivity index (χ0v) is 6.65. The van der Waals surface area contributed by atoms with Gasteiger partial charge in [-0.25, -0.2) is 0 Å². The summed E-state index contributed by atoms with van der Waals surface area (Å²) >= 11 is 0. The van der Waals surface area contributed by atoms with Gasteiger partial charge in [-0.15, -0.1) is 0 Å². The van der Waals surface area contributed by atoms with Crippen molar-refractivity contribution >= 4 is 10.8 Å². The van der Waals surface area contributed by atoms with Gasteiger partial charge < -0.3 is 15.3 Å². The van der Waals surface area contributed by atoms with Gasteiger partial charge in [0, 0.05) is 11.5 Å². The first-order chi connectivity index (χ1) is 6.20. The zero-order chi connectivity index (χ0) is 9.42. The van der Waals surface area contributed by atoms with Crippen molar-refractivity contribution in [2.45, 2.75) is 0 Å². The summed E-state index contributed by atoms with van der Waals surface area (Å²) in [6.45, 7) is 0. The van der Waals surface area contributed by atoms with Crippen molar-refractivity contribution in [2.24, 2.45) is 0 Å². The Balaban J connectivity index is 2.94. The Morgan fingerprint density at radius 3 is 2.38 bits per heavy atom. The van der Waals surface area contributed by atoms with Crippen LogP contribution in [0.25, 0.3) is 10.8 Å². The molecule has 0 aliphatic rings. The normalized spacial score (nSPS) is 10.5. The van der Waals surface area contributed by atoms with Gasteiger partial charge in [-0.05, 0) is 5.39 Å². The summed E-state index contributed by atoms with van der Waals surface area (Å²) in [6.07, 6.45) is 0. The second kappa shape index (κ2) is 2.55. The van der Waals surface area contributed by atoms with Gasteiger partial charge in [0.1, 0.15) is 0 Å². The Morgan fingerprint density at radius 2 is 1.62 bits per heavy atom. The summed E-state index contributed by atoms with van der Waals surface area (Å²) in [5.74, 6) is -1.28. The standard InChI is InChI=1S/C10H7O3/c11-8-5-6-3-1-2-4-7(6)9(12)10(8)13/h1-4,11-13H. The van der Waals surface area contributed by atoms with E-state index in [1.165, 1.54) is 0 Å². The number of phenols is 3. The molecule has 2 aromatic carbocycles. The van der Waals surface area contributed by atoms with Crippen LogP contribution in [0.3, 0.4) is 0 Å². The molecular weight excluding hydrogens is 168 g/mol. The minimum absolute atomic E-state index is 0.313. The number of hydrogen-bond acceptors (Lipinski definition) is 3. The van der Waals surface area contributed by atoms with Gasteiger partial charge in [-0.2, -0.15) is 0 Å². The Morgan fingerprint density at radius 1 is 0.923 bits per heavy atom. The van der Waals surface area contributed by atoms with Gasteiger partial charge in [0.25, 0.3) is 0 Å². The Bertz CT molecular complexity index is 463. The smallest absolute Gasteiger partial charge is 0.201 e. The number of aromatic hydroxyl groups is 3. The van der Waals surface area contributed by atoms with Gasteiger partial charge in [-0.3, -0.25) is 0 Å². The van der Waals surface area contributed by atoms with Crippen LogP contribution in [0.2, 0.25) is 0 Å². The molecule has 0 saturated heterocycles. The summed E-state index contributed by atoms with van der Waals surface area (Å²) in [4.78, 5) is 0. The average Bonchev–Trinajstić information content (AvgIpc) is 2.15.